The van der Waals surface area contributed by atoms with Gasteiger partial charge in [0.15, 0.2) is 0 Å². The van der Waals surface area contributed by atoms with E-state index in [0.29, 0.717) is 18.4 Å². The molecule has 2 unspecified atom stereocenters. The van der Waals surface area contributed by atoms with Crippen LogP contribution < -0.4 is 5.73 Å². The molecule has 0 bridgehead atoms. The highest BCUT2D eigenvalue weighted by molar-refractivity contribution is 4.77. The van der Waals surface area contributed by atoms with Crippen molar-refractivity contribution >= 4 is 0 Å². The Balaban J connectivity index is 2.12. The maximum atomic E-state index is 8.51. The van der Waals surface area contributed by atoms with E-state index in [1.54, 1.807) is 0 Å². The molecule has 1 rings (SSSR count). The maximum absolute atomic E-state index is 8.51. The molecule has 0 aliphatic heterocycles. The Morgan fingerprint density at radius 2 is 2.08 bits per heavy atom. The number of hydrogen-bond donors (Lipinski definition) is 2. The van der Waals surface area contributed by atoms with E-state index in [-0.39, 0.29) is 6.61 Å². The standard InChI is InChI=1S/C9H19NO2/c10-6-8-2-1-3-9(8)7-12-5-4-11/h8-9,11H,1-7,10H2. The lowest BCUT2D eigenvalue weighted by Gasteiger charge is -2.17. The Morgan fingerprint density at radius 3 is 2.75 bits per heavy atom. The molecule has 0 aromatic rings. The SMILES string of the molecule is NCC1CCCC1COCCO. The zero-order valence-corrected chi connectivity index (χ0v) is 7.54. The highest BCUT2D eigenvalue weighted by atomic mass is 16.5. The second-order valence-electron chi connectivity index (χ2n) is 3.49. The average molecular weight is 173 g/mol. The van der Waals surface area contributed by atoms with Crippen LogP contribution in [0, 0.1) is 11.8 Å². The number of aliphatic hydroxyl groups is 1. The third kappa shape index (κ3) is 2.73. The summed E-state index contributed by atoms with van der Waals surface area (Å²) in [6.07, 6.45) is 3.78. The second-order valence-corrected chi connectivity index (χ2v) is 3.49. The van der Waals surface area contributed by atoms with Gasteiger partial charge in [-0.2, -0.15) is 0 Å². The molecule has 3 N–H and O–H groups in total. The van der Waals surface area contributed by atoms with Gasteiger partial charge < -0.3 is 15.6 Å². The van der Waals surface area contributed by atoms with Crippen molar-refractivity contribution in [3.05, 3.63) is 0 Å². The molecule has 0 radical (unpaired) electrons. The van der Waals surface area contributed by atoms with Crippen molar-refractivity contribution in [1.29, 1.82) is 0 Å². The minimum absolute atomic E-state index is 0.125. The van der Waals surface area contributed by atoms with Gasteiger partial charge in [-0.3, -0.25) is 0 Å². The first-order chi connectivity index (χ1) is 5.88. The van der Waals surface area contributed by atoms with E-state index in [4.69, 9.17) is 15.6 Å². The van der Waals surface area contributed by atoms with Crippen molar-refractivity contribution in [3.63, 3.8) is 0 Å². The highest BCUT2D eigenvalue weighted by Crippen LogP contribution is 2.30. The van der Waals surface area contributed by atoms with Gasteiger partial charge in [-0.1, -0.05) is 6.42 Å². The molecule has 1 fully saturated rings. The Hall–Kier alpha value is -0.120. The molecule has 0 aromatic heterocycles. The predicted molar refractivity (Wildman–Crippen MR) is 47.8 cm³/mol. The molecule has 3 heteroatoms. The van der Waals surface area contributed by atoms with Crippen molar-refractivity contribution in [3.8, 4) is 0 Å². The molecule has 0 saturated heterocycles. The van der Waals surface area contributed by atoms with Crippen molar-refractivity contribution in [2.24, 2.45) is 17.6 Å². The molecule has 0 aromatic carbocycles. The Bertz CT molecular complexity index is 119. The summed E-state index contributed by atoms with van der Waals surface area (Å²) < 4.78 is 5.29. The highest BCUT2D eigenvalue weighted by Gasteiger charge is 2.25. The topological polar surface area (TPSA) is 55.5 Å². The van der Waals surface area contributed by atoms with Crippen molar-refractivity contribution in [1.82, 2.24) is 0 Å². The van der Waals surface area contributed by atoms with E-state index in [1.807, 2.05) is 0 Å². The van der Waals surface area contributed by atoms with E-state index in [2.05, 4.69) is 0 Å². The Kier molecular flexibility index (Phi) is 4.58. The molecule has 2 atom stereocenters. The zero-order chi connectivity index (χ0) is 8.81. The lowest BCUT2D eigenvalue weighted by Crippen LogP contribution is -2.22. The minimum Gasteiger partial charge on any atom is -0.394 e. The van der Waals surface area contributed by atoms with Gasteiger partial charge in [0, 0.05) is 6.61 Å². The van der Waals surface area contributed by atoms with Gasteiger partial charge in [-0.15, -0.1) is 0 Å². The molecular formula is C9H19NO2. The van der Waals surface area contributed by atoms with Crippen LogP contribution in [0.5, 0.6) is 0 Å². The summed E-state index contributed by atoms with van der Waals surface area (Å²) in [5.74, 6) is 1.30. The summed E-state index contributed by atoms with van der Waals surface area (Å²) in [6, 6.07) is 0. The second kappa shape index (κ2) is 5.51. The summed E-state index contributed by atoms with van der Waals surface area (Å²) in [7, 11) is 0. The first-order valence-corrected chi connectivity index (χ1v) is 4.77. The summed E-state index contributed by atoms with van der Waals surface area (Å²) in [6.45, 7) is 2.16. The molecule has 1 aliphatic rings. The van der Waals surface area contributed by atoms with Gasteiger partial charge in [0.05, 0.1) is 13.2 Å². The van der Waals surface area contributed by atoms with Crippen LogP contribution in [0.15, 0.2) is 0 Å². The van der Waals surface area contributed by atoms with Gasteiger partial charge in [0.25, 0.3) is 0 Å². The molecule has 3 nitrogen and oxygen atoms in total. The smallest absolute Gasteiger partial charge is 0.0697 e. The average Bonchev–Trinajstić information content (AvgIpc) is 2.52. The van der Waals surface area contributed by atoms with E-state index in [1.165, 1.54) is 19.3 Å². The molecule has 0 heterocycles. The lowest BCUT2D eigenvalue weighted by molar-refractivity contribution is 0.0590. The fraction of sp³-hybridized carbons (Fsp3) is 1.00. The number of rotatable bonds is 5. The van der Waals surface area contributed by atoms with Crippen LogP contribution >= 0.6 is 0 Å². The van der Waals surface area contributed by atoms with Crippen LogP contribution in [0.1, 0.15) is 19.3 Å². The Labute approximate surface area is 73.9 Å². The monoisotopic (exact) mass is 173 g/mol. The molecule has 0 amide bonds. The Morgan fingerprint density at radius 1 is 1.33 bits per heavy atom. The first-order valence-electron chi connectivity index (χ1n) is 4.77. The number of aliphatic hydroxyl groups excluding tert-OH is 1. The lowest BCUT2D eigenvalue weighted by atomic mass is 9.97. The molecule has 12 heavy (non-hydrogen) atoms. The van der Waals surface area contributed by atoms with Crippen molar-refractivity contribution < 1.29 is 9.84 Å². The fourth-order valence-electron chi connectivity index (χ4n) is 1.94. The van der Waals surface area contributed by atoms with Crippen LogP contribution in [0.4, 0.5) is 0 Å². The van der Waals surface area contributed by atoms with Crippen LogP contribution in [0.3, 0.4) is 0 Å². The third-order valence-corrected chi connectivity index (χ3v) is 2.69. The maximum Gasteiger partial charge on any atom is 0.0697 e. The van der Waals surface area contributed by atoms with Crippen LogP contribution in [0.25, 0.3) is 0 Å². The van der Waals surface area contributed by atoms with Crippen LogP contribution in [0.2, 0.25) is 0 Å². The van der Waals surface area contributed by atoms with E-state index < -0.39 is 0 Å². The summed E-state index contributed by atoms with van der Waals surface area (Å²) >= 11 is 0. The van der Waals surface area contributed by atoms with Crippen molar-refractivity contribution in [2.75, 3.05) is 26.4 Å². The van der Waals surface area contributed by atoms with Crippen LogP contribution in [-0.4, -0.2) is 31.5 Å². The van der Waals surface area contributed by atoms with E-state index in [9.17, 15) is 0 Å². The minimum atomic E-state index is 0.125. The molecular weight excluding hydrogens is 154 g/mol. The normalized spacial score (nSPS) is 29.5. The number of hydrogen-bond acceptors (Lipinski definition) is 3. The van der Waals surface area contributed by atoms with Gasteiger partial charge in [0.1, 0.15) is 0 Å². The summed E-state index contributed by atoms with van der Waals surface area (Å²) in [4.78, 5) is 0. The van der Waals surface area contributed by atoms with E-state index in [0.717, 1.165) is 13.2 Å². The summed E-state index contributed by atoms with van der Waals surface area (Å²) in [5.41, 5.74) is 5.62. The molecule has 1 saturated carbocycles. The molecule has 72 valence electrons. The molecule has 0 spiro atoms. The number of ether oxygens (including phenoxy) is 1. The third-order valence-electron chi connectivity index (χ3n) is 2.69. The molecule has 1 aliphatic carbocycles. The quantitative estimate of drug-likeness (QED) is 0.591. The van der Waals surface area contributed by atoms with Crippen molar-refractivity contribution in [2.45, 2.75) is 19.3 Å². The van der Waals surface area contributed by atoms with Gasteiger partial charge >= 0.3 is 0 Å². The van der Waals surface area contributed by atoms with Gasteiger partial charge in [-0.25, -0.2) is 0 Å². The van der Waals surface area contributed by atoms with Gasteiger partial charge in [0.2, 0.25) is 0 Å². The predicted octanol–water partition coefficient (Wildman–Crippen LogP) is 0.370. The largest absolute Gasteiger partial charge is 0.394 e. The number of nitrogens with two attached hydrogens (primary N) is 1. The first kappa shape index (κ1) is 9.96. The fourth-order valence-corrected chi connectivity index (χ4v) is 1.94. The summed E-state index contributed by atoms with van der Waals surface area (Å²) in [5, 5.41) is 8.51. The zero-order valence-electron chi connectivity index (χ0n) is 7.54. The van der Waals surface area contributed by atoms with Gasteiger partial charge in [-0.05, 0) is 31.2 Å². The van der Waals surface area contributed by atoms with E-state index >= 15 is 0 Å². The van der Waals surface area contributed by atoms with Crippen LogP contribution in [-0.2, 0) is 4.74 Å².